The lowest BCUT2D eigenvalue weighted by molar-refractivity contribution is -0.136. The van der Waals surface area contributed by atoms with Crippen LogP contribution in [0, 0.1) is 0 Å². The Hall–Kier alpha value is -2.33. The van der Waals surface area contributed by atoms with Crippen LogP contribution in [0.1, 0.15) is 30.5 Å². The first-order valence-electron chi connectivity index (χ1n) is 9.42. The molecule has 1 saturated heterocycles. The number of rotatable bonds is 6. The minimum atomic E-state index is 0.129. The average molecular weight is 352 g/mol. The summed E-state index contributed by atoms with van der Waals surface area (Å²) in [6, 6.07) is 18.5. The van der Waals surface area contributed by atoms with Crippen molar-refractivity contribution >= 4 is 5.91 Å². The molecule has 4 nitrogen and oxygen atoms in total. The van der Waals surface area contributed by atoms with Gasteiger partial charge in [-0.2, -0.15) is 0 Å². The Balaban J connectivity index is 1.70. The van der Waals surface area contributed by atoms with Crippen molar-refractivity contribution in [2.45, 2.75) is 25.8 Å². The fraction of sp³-hybridized carbons (Fsp3) is 0.409. The molecule has 1 amide bonds. The molecule has 1 atom stereocenters. The van der Waals surface area contributed by atoms with E-state index in [1.807, 2.05) is 43.3 Å². The fourth-order valence-corrected chi connectivity index (χ4v) is 3.57. The van der Waals surface area contributed by atoms with Crippen molar-refractivity contribution < 1.29 is 9.53 Å². The van der Waals surface area contributed by atoms with Gasteiger partial charge in [-0.1, -0.05) is 48.5 Å². The SMILES string of the molecule is CCOc1ccccc1CCC(=O)N1CCN(C)C[C@H]1c1ccccc1. The largest absolute Gasteiger partial charge is 0.494 e. The number of piperazine rings is 1. The average Bonchev–Trinajstić information content (AvgIpc) is 2.68. The highest BCUT2D eigenvalue weighted by Crippen LogP contribution is 2.26. The molecule has 0 unspecified atom stereocenters. The summed E-state index contributed by atoms with van der Waals surface area (Å²) >= 11 is 0. The van der Waals surface area contributed by atoms with Crippen molar-refractivity contribution in [3.63, 3.8) is 0 Å². The smallest absolute Gasteiger partial charge is 0.223 e. The molecule has 0 radical (unpaired) electrons. The number of likely N-dealkylation sites (N-methyl/N-ethyl adjacent to an activating group) is 1. The van der Waals surface area contributed by atoms with Crippen LogP contribution in [0.4, 0.5) is 0 Å². The first-order chi connectivity index (χ1) is 12.7. The number of aryl methyl sites for hydroxylation is 1. The third kappa shape index (κ3) is 4.44. The molecular weight excluding hydrogens is 324 g/mol. The topological polar surface area (TPSA) is 32.8 Å². The second-order valence-corrected chi connectivity index (χ2v) is 6.82. The van der Waals surface area contributed by atoms with E-state index < -0.39 is 0 Å². The molecule has 26 heavy (non-hydrogen) atoms. The minimum absolute atomic E-state index is 0.129. The summed E-state index contributed by atoms with van der Waals surface area (Å²) in [4.78, 5) is 17.3. The van der Waals surface area contributed by atoms with Gasteiger partial charge in [-0.05, 0) is 37.6 Å². The molecule has 138 valence electrons. The Labute approximate surface area is 156 Å². The third-order valence-corrected chi connectivity index (χ3v) is 4.97. The number of para-hydroxylation sites is 1. The Bertz CT molecular complexity index is 717. The van der Waals surface area contributed by atoms with Gasteiger partial charge < -0.3 is 14.5 Å². The number of carbonyl (C=O) groups is 1. The summed E-state index contributed by atoms with van der Waals surface area (Å²) in [7, 11) is 2.12. The quantitative estimate of drug-likeness (QED) is 0.797. The van der Waals surface area contributed by atoms with Crippen molar-refractivity contribution in [3.8, 4) is 5.75 Å². The molecule has 2 aromatic carbocycles. The highest BCUT2D eigenvalue weighted by molar-refractivity contribution is 5.77. The van der Waals surface area contributed by atoms with Gasteiger partial charge in [0.1, 0.15) is 5.75 Å². The van der Waals surface area contributed by atoms with Gasteiger partial charge in [0.15, 0.2) is 0 Å². The standard InChI is InChI=1S/C22H28N2O2/c1-3-26-21-12-8-7-11-19(21)13-14-22(25)24-16-15-23(2)17-20(24)18-9-5-4-6-10-18/h4-12,20H,3,13-17H2,1-2H3/t20-/m0/s1. The van der Waals surface area contributed by atoms with E-state index in [1.165, 1.54) is 5.56 Å². The second kappa shape index (κ2) is 8.86. The lowest BCUT2D eigenvalue weighted by Gasteiger charge is -2.40. The molecule has 0 spiro atoms. The maximum absolute atomic E-state index is 13.0. The summed E-state index contributed by atoms with van der Waals surface area (Å²) in [6.07, 6.45) is 1.22. The van der Waals surface area contributed by atoms with Crippen LogP contribution in [0.25, 0.3) is 0 Å². The van der Waals surface area contributed by atoms with Gasteiger partial charge in [-0.3, -0.25) is 4.79 Å². The number of ether oxygens (including phenoxy) is 1. The number of benzene rings is 2. The predicted molar refractivity (Wildman–Crippen MR) is 104 cm³/mol. The first kappa shape index (κ1) is 18.5. The molecule has 4 heteroatoms. The van der Waals surface area contributed by atoms with Gasteiger partial charge in [0.2, 0.25) is 5.91 Å². The third-order valence-electron chi connectivity index (χ3n) is 4.97. The molecule has 2 aromatic rings. The Morgan fingerprint density at radius 1 is 1.08 bits per heavy atom. The predicted octanol–water partition coefficient (Wildman–Crippen LogP) is 3.53. The van der Waals surface area contributed by atoms with Gasteiger partial charge >= 0.3 is 0 Å². The van der Waals surface area contributed by atoms with E-state index >= 15 is 0 Å². The van der Waals surface area contributed by atoms with E-state index in [1.54, 1.807) is 0 Å². The van der Waals surface area contributed by atoms with Gasteiger partial charge in [0.25, 0.3) is 0 Å². The van der Waals surface area contributed by atoms with Gasteiger partial charge in [-0.25, -0.2) is 0 Å². The van der Waals surface area contributed by atoms with Crippen LogP contribution in [0.15, 0.2) is 54.6 Å². The van der Waals surface area contributed by atoms with E-state index in [0.29, 0.717) is 19.4 Å². The molecule has 0 aliphatic carbocycles. The molecule has 1 heterocycles. The maximum Gasteiger partial charge on any atom is 0.223 e. The second-order valence-electron chi connectivity index (χ2n) is 6.82. The molecule has 1 aliphatic heterocycles. The van der Waals surface area contributed by atoms with Crippen LogP contribution in [0.3, 0.4) is 0 Å². The van der Waals surface area contributed by atoms with Crippen LogP contribution in [0.5, 0.6) is 5.75 Å². The molecule has 0 saturated carbocycles. The highest BCUT2D eigenvalue weighted by atomic mass is 16.5. The summed E-state index contributed by atoms with van der Waals surface area (Å²) in [5.74, 6) is 1.11. The lowest BCUT2D eigenvalue weighted by atomic mass is 10.0. The Morgan fingerprint density at radius 3 is 2.58 bits per heavy atom. The van der Waals surface area contributed by atoms with Crippen molar-refractivity contribution in [2.75, 3.05) is 33.3 Å². The number of carbonyl (C=O) groups excluding carboxylic acids is 1. The van der Waals surface area contributed by atoms with Gasteiger partial charge in [0.05, 0.1) is 12.6 Å². The van der Waals surface area contributed by atoms with Crippen LogP contribution in [-0.2, 0) is 11.2 Å². The Morgan fingerprint density at radius 2 is 1.81 bits per heavy atom. The zero-order chi connectivity index (χ0) is 18.4. The monoisotopic (exact) mass is 352 g/mol. The number of nitrogens with zero attached hydrogens (tertiary/aromatic N) is 2. The first-order valence-corrected chi connectivity index (χ1v) is 9.42. The summed E-state index contributed by atoms with van der Waals surface area (Å²) in [5.41, 5.74) is 2.32. The van der Waals surface area contributed by atoms with Crippen molar-refractivity contribution in [2.24, 2.45) is 0 Å². The highest BCUT2D eigenvalue weighted by Gasteiger charge is 2.29. The molecule has 0 bridgehead atoms. The molecule has 3 rings (SSSR count). The van der Waals surface area contributed by atoms with Crippen LogP contribution in [-0.4, -0.2) is 49.0 Å². The molecule has 1 aliphatic rings. The zero-order valence-electron chi connectivity index (χ0n) is 15.7. The summed E-state index contributed by atoms with van der Waals surface area (Å²) in [5, 5.41) is 0. The fourth-order valence-electron chi connectivity index (χ4n) is 3.57. The summed E-state index contributed by atoms with van der Waals surface area (Å²) in [6.45, 7) is 5.20. The van der Waals surface area contributed by atoms with Crippen LogP contribution < -0.4 is 4.74 Å². The minimum Gasteiger partial charge on any atom is -0.494 e. The maximum atomic E-state index is 13.0. The van der Waals surface area contributed by atoms with Crippen molar-refractivity contribution in [1.29, 1.82) is 0 Å². The number of hydrogen-bond acceptors (Lipinski definition) is 3. The van der Waals surface area contributed by atoms with E-state index in [0.717, 1.165) is 30.9 Å². The van der Waals surface area contributed by atoms with Crippen LogP contribution >= 0.6 is 0 Å². The van der Waals surface area contributed by atoms with Gasteiger partial charge in [-0.15, -0.1) is 0 Å². The van der Waals surface area contributed by atoms with E-state index in [2.05, 4.69) is 35.0 Å². The zero-order valence-corrected chi connectivity index (χ0v) is 15.7. The molecule has 0 N–H and O–H groups in total. The lowest BCUT2D eigenvalue weighted by Crippen LogP contribution is -2.49. The van der Waals surface area contributed by atoms with Crippen LogP contribution in [0.2, 0.25) is 0 Å². The van der Waals surface area contributed by atoms with E-state index in [-0.39, 0.29) is 11.9 Å². The Kier molecular flexibility index (Phi) is 6.29. The molecule has 1 fully saturated rings. The molecule has 0 aromatic heterocycles. The molecular formula is C22H28N2O2. The normalized spacial score (nSPS) is 17.9. The summed E-state index contributed by atoms with van der Waals surface area (Å²) < 4.78 is 5.69. The van der Waals surface area contributed by atoms with E-state index in [9.17, 15) is 4.79 Å². The van der Waals surface area contributed by atoms with Gasteiger partial charge in [0, 0.05) is 26.1 Å². The van der Waals surface area contributed by atoms with Crippen molar-refractivity contribution in [1.82, 2.24) is 9.80 Å². The number of hydrogen-bond donors (Lipinski definition) is 0. The number of amides is 1. The van der Waals surface area contributed by atoms with Crippen molar-refractivity contribution in [3.05, 3.63) is 65.7 Å². The van der Waals surface area contributed by atoms with E-state index in [4.69, 9.17) is 4.74 Å².